The van der Waals surface area contributed by atoms with Crippen molar-refractivity contribution in [2.24, 2.45) is 0 Å². The SMILES string of the molecule is Cc1cc(S(=O)(=O)N2CC[C@H]2C(=O)Nc2ccc(OCCN(C)C)c(Cl)c2)c2[nH]ncc2c1. The van der Waals surface area contributed by atoms with Crippen molar-refractivity contribution in [2.45, 2.75) is 24.3 Å². The number of fused-ring (bicyclic) bond motifs is 1. The van der Waals surface area contributed by atoms with Crippen LogP contribution in [0.4, 0.5) is 5.69 Å². The van der Waals surface area contributed by atoms with Crippen molar-refractivity contribution in [1.29, 1.82) is 0 Å². The number of ether oxygens (including phenoxy) is 1. The monoisotopic (exact) mass is 491 g/mol. The minimum atomic E-state index is -3.89. The minimum Gasteiger partial charge on any atom is -0.491 e. The van der Waals surface area contributed by atoms with Gasteiger partial charge in [-0.25, -0.2) is 8.42 Å². The Balaban J connectivity index is 1.47. The number of anilines is 1. The average molecular weight is 492 g/mol. The molecule has 1 fully saturated rings. The third-order valence-electron chi connectivity index (χ3n) is 5.51. The van der Waals surface area contributed by atoms with Crippen LogP contribution in [-0.4, -0.2) is 73.6 Å². The van der Waals surface area contributed by atoms with Gasteiger partial charge in [0.05, 0.1) is 16.7 Å². The Morgan fingerprint density at radius 2 is 2.12 bits per heavy atom. The van der Waals surface area contributed by atoms with Crippen LogP contribution in [0.25, 0.3) is 10.9 Å². The number of amides is 1. The Morgan fingerprint density at radius 3 is 2.79 bits per heavy atom. The van der Waals surface area contributed by atoms with Gasteiger partial charge in [0.2, 0.25) is 15.9 Å². The molecule has 1 saturated heterocycles. The second kappa shape index (κ2) is 9.30. The Morgan fingerprint density at radius 1 is 1.33 bits per heavy atom. The lowest BCUT2D eigenvalue weighted by atomic mass is 10.1. The summed E-state index contributed by atoms with van der Waals surface area (Å²) in [4.78, 5) is 15.0. The summed E-state index contributed by atoms with van der Waals surface area (Å²) in [7, 11) is 0.00830. The van der Waals surface area contributed by atoms with Gasteiger partial charge in [0.25, 0.3) is 0 Å². The van der Waals surface area contributed by atoms with Crippen molar-refractivity contribution >= 4 is 44.1 Å². The Hall–Kier alpha value is -2.66. The lowest BCUT2D eigenvalue weighted by molar-refractivity contribution is -0.122. The van der Waals surface area contributed by atoms with Crippen LogP contribution in [0.3, 0.4) is 0 Å². The normalized spacial score (nSPS) is 16.7. The zero-order chi connectivity index (χ0) is 23.8. The zero-order valence-corrected chi connectivity index (χ0v) is 20.2. The number of nitrogens with one attached hydrogen (secondary N) is 2. The molecule has 1 aliphatic heterocycles. The summed E-state index contributed by atoms with van der Waals surface area (Å²) in [5.41, 5.74) is 1.70. The van der Waals surface area contributed by atoms with E-state index < -0.39 is 22.0 Å². The highest BCUT2D eigenvalue weighted by atomic mass is 35.5. The molecule has 1 atom stereocenters. The number of rotatable bonds is 8. The number of carbonyl (C=O) groups excluding carboxylic acids is 1. The first-order valence-electron chi connectivity index (χ1n) is 10.5. The van der Waals surface area contributed by atoms with Gasteiger partial charge in [0.15, 0.2) is 0 Å². The van der Waals surface area contributed by atoms with Crippen LogP contribution in [0.5, 0.6) is 5.75 Å². The first kappa shape index (κ1) is 23.5. The van der Waals surface area contributed by atoms with Crippen LogP contribution in [0, 0.1) is 6.92 Å². The smallest absolute Gasteiger partial charge is 0.245 e. The summed E-state index contributed by atoms with van der Waals surface area (Å²) in [5.74, 6) is 0.114. The number of H-pyrrole nitrogens is 1. The summed E-state index contributed by atoms with van der Waals surface area (Å²) in [6.07, 6.45) is 2.02. The van der Waals surface area contributed by atoms with Crippen LogP contribution >= 0.6 is 11.6 Å². The standard InChI is InChI=1S/C22H26ClN5O4S/c1-14-10-15-13-24-26-21(15)20(11-14)33(30,31)28-7-6-18(28)22(29)25-16-4-5-19(17(23)12-16)32-9-8-27(2)3/h4-5,10-13,18H,6-9H2,1-3H3,(H,24,26)(H,25,29)/t18-/m0/s1. The average Bonchev–Trinajstić information content (AvgIpc) is 3.15. The molecule has 1 amide bonds. The Labute approximate surface area is 197 Å². The highest BCUT2D eigenvalue weighted by molar-refractivity contribution is 7.89. The molecule has 9 nitrogen and oxygen atoms in total. The molecule has 0 saturated carbocycles. The third kappa shape index (κ3) is 4.84. The van der Waals surface area contributed by atoms with E-state index in [9.17, 15) is 13.2 Å². The zero-order valence-electron chi connectivity index (χ0n) is 18.6. The van der Waals surface area contributed by atoms with Gasteiger partial charge in [-0.3, -0.25) is 9.89 Å². The number of aryl methyl sites for hydroxylation is 1. The number of likely N-dealkylation sites (N-methyl/N-ethyl adjacent to an activating group) is 1. The summed E-state index contributed by atoms with van der Waals surface area (Å²) < 4.78 is 33.6. The predicted molar refractivity (Wildman–Crippen MR) is 127 cm³/mol. The number of hydrogen-bond donors (Lipinski definition) is 2. The van der Waals surface area contributed by atoms with E-state index in [1.54, 1.807) is 30.5 Å². The second-order valence-electron chi connectivity index (χ2n) is 8.30. The fourth-order valence-corrected chi connectivity index (χ4v) is 5.80. The molecule has 4 rings (SSSR count). The van der Waals surface area contributed by atoms with Gasteiger partial charge in [-0.2, -0.15) is 9.40 Å². The highest BCUT2D eigenvalue weighted by Crippen LogP contribution is 2.33. The van der Waals surface area contributed by atoms with E-state index in [-0.39, 0.29) is 11.4 Å². The third-order valence-corrected chi connectivity index (χ3v) is 7.74. The van der Waals surface area contributed by atoms with Crippen LogP contribution in [0.15, 0.2) is 41.4 Å². The Kier molecular flexibility index (Phi) is 6.62. The molecule has 0 aliphatic carbocycles. The number of benzene rings is 2. The summed E-state index contributed by atoms with van der Waals surface area (Å²) >= 11 is 6.29. The predicted octanol–water partition coefficient (Wildman–Crippen LogP) is 2.87. The fourth-order valence-electron chi connectivity index (χ4n) is 3.67. The molecule has 3 aromatic rings. The van der Waals surface area contributed by atoms with Gasteiger partial charge in [-0.05, 0) is 63.3 Å². The van der Waals surface area contributed by atoms with Crippen LogP contribution in [0.1, 0.15) is 12.0 Å². The summed E-state index contributed by atoms with van der Waals surface area (Å²) in [6, 6.07) is 7.61. The number of aromatic nitrogens is 2. The van der Waals surface area contributed by atoms with E-state index in [1.807, 2.05) is 32.0 Å². The molecule has 0 unspecified atom stereocenters. The number of carbonyl (C=O) groups is 1. The first-order chi connectivity index (χ1) is 15.7. The molecule has 0 spiro atoms. The van der Waals surface area contributed by atoms with Gasteiger partial charge in [0.1, 0.15) is 23.3 Å². The molecule has 2 N–H and O–H groups in total. The largest absolute Gasteiger partial charge is 0.491 e. The lowest BCUT2D eigenvalue weighted by Crippen LogP contribution is -2.56. The van der Waals surface area contributed by atoms with Crippen molar-refractivity contribution in [3.63, 3.8) is 0 Å². The first-order valence-corrected chi connectivity index (χ1v) is 12.3. The van der Waals surface area contributed by atoms with Gasteiger partial charge in [-0.1, -0.05) is 11.6 Å². The van der Waals surface area contributed by atoms with Gasteiger partial charge >= 0.3 is 0 Å². The topological polar surface area (TPSA) is 108 Å². The van der Waals surface area contributed by atoms with Crippen molar-refractivity contribution < 1.29 is 17.9 Å². The minimum absolute atomic E-state index is 0.120. The molecule has 33 heavy (non-hydrogen) atoms. The maximum atomic E-state index is 13.4. The molecule has 2 aromatic carbocycles. The van der Waals surface area contributed by atoms with E-state index in [1.165, 1.54) is 4.31 Å². The molecule has 2 heterocycles. The fraction of sp³-hybridized carbons (Fsp3) is 0.364. The highest BCUT2D eigenvalue weighted by Gasteiger charge is 2.43. The number of nitrogens with zero attached hydrogens (tertiary/aromatic N) is 3. The van der Waals surface area contributed by atoms with E-state index in [4.69, 9.17) is 16.3 Å². The van der Waals surface area contributed by atoms with Crippen LogP contribution in [0.2, 0.25) is 5.02 Å². The van der Waals surface area contributed by atoms with E-state index in [2.05, 4.69) is 15.5 Å². The van der Waals surface area contributed by atoms with Crippen molar-refractivity contribution in [3.05, 3.63) is 47.1 Å². The van der Waals surface area contributed by atoms with Crippen LogP contribution < -0.4 is 10.1 Å². The lowest BCUT2D eigenvalue weighted by Gasteiger charge is -2.38. The molecular formula is C22H26ClN5O4S. The molecule has 0 bridgehead atoms. The second-order valence-corrected chi connectivity index (χ2v) is 10.6. The van der Waals surface area contributed by atoms with Gasteiger partial charge in [0, 0.05) is 24.2 Å². The number of halogens is 1. The molecule has 1 aliphatic rings. The Bertz CT molecular complexity index is 1290. The van der Waals surface area contributed by atoms with Crippen LogP contribution in [-0.2, 0) is 14.8 Å². The maximum absolute atomic E-state index is 13.4. The van der Waals surface area contributed by atoms with E-state index in [0.717, 1.165) is 12.1 Å². The van der Waals surface area contributed by atoms with Crippen molar-refractivity contribution in [3.8, 4) is 5.75 Å². The molecule has 176 valence electrons. The summed E-state index contributed by atoms with van der Waals surface area (Å²) in [5, 5.41) is 10.6. The molecule has 0 radical (unpaired) electrons. The molecule has 11 heteroatoms. The molecular weight excluding hydrogens is 466 g/mol. The van der Waals surface area contributed by atoms with E-state index in [0.29, 0.717) is 40.4 Å². The number of sulfonamides is 1. The number of hydrogen-bond acceptors (Lipinski definition) is 6. The molecule has 1 aromatic heterocycles. The van der Waals surface area contributed by atoms with Gasteiger partial charge < -0.3 is 15.0 Å². The summed E-state index contributed by atoms with van der Waals surface area (Å²) in [6.45, 7) is 3.31. The van der Waals surface area contributed by atoms with Crippen molar-refractivity contribution in [2.75, 3.05) is 39.1 Å². The van der Waals surface area contributed by atoms with Crippen molar-refractivity contribution in [1.82, 2.24) is 19.4 Å². The number of aromatic amines is 1. The van der Waals surface area contributed by atoms with Gasteiger partial charge in [-0.15, -0.1) is 0 Å². The van der Waals surface area contributed by atoms with E-state index >= 15 is 0 Å². The maximum Gasteiger partial charge on any atom is 0.245 e. The quantitative estimate of drug-likeness (QED) is 0.501.